The molecular formula is C15H25N7O2S. The smallest absolute Gasteiger partial charge is 0.315 e. The van der Waals surface area contributed by atoms with E-state index in [1.165, 1.54) is 0 Å². The van der Waals surface area contributed by atoms with Crippen LogP contribution in [0.5, 0.6) is 0 Å². The van der Waals surface area contributed by atoms with Crippen molar-refractivity contribution in [1.29, 1.82) is 0 Å². The van der Waals surface area contributed by atoms with Gasteiger partial charge in [0.05, 0.1) is 24.3 Å². The summed E-state index contributed by atoms with van der Waals surface area (Å²) in [6, 6.07) is 0.385. The molecule has 10 heteroatoms. The number of hydrogen-bond acceptors (Lipinski definition) is 6. The van der Waals surface area contributed by atoms with Crippen LogP contribution in [0, 0.1) is 0 Å². The van der Waals surface area contributed by atoms with E-state index in [9.17, 15) is 9.59 Å². The molecule has 2 fully saturated rings. The quantitative estimate of drug-likeness (QED) is 0.436. The van der Waals surface area contributed by atoms with Gasteiger partial charge in [-0.25, -0.2) is 4.79 Å². The molecule has 3 heterocycles. The van der Waals surface area contributed by atoms with Gasteiger partial charge in [0.1, 0.15) is 0 Å². The topological polar surface area (TPSA) is 113 Å². The summed E-state index contributed by atoms with van der Waals surface area (Å²) < 4.78 is 1.73. The van der Waals surface area contributed by atoms with Gasteiger partial charge in [0.25, 0.3) is 0 Å². The number of nitrogens with one attached hydrogen (secondary N) is 4. The van der Waals surface area contributed by atoms with Gasteiger partial charge in [-0.1, -0.05) is 5.21 Å². The summed E-state index contributed by atoms with van der Waals surface area (Å²) in [5, 5.41) is 20.3. The molecule has 25 heavy (non-hydrogen) atoms. The third-order valence-corrected chi connectivity index (χ3v) is 5.95. The Labute approximate surface area is 151 Å². The summed E-state index contributed by atoms with van der Waals surface area (Å²) in [5.41, 5.74) is 0.884. The van der Waals surface area contributed by atoms with Gasteiger partial charge < -0.3 is 21.3 Å². The minimum atomic E-state index is -0.0657. The lowest BCUT2D eigenvalue weighted by atomic mass is 10.0. The average Bonchev–Trinajstić information content (AvgIpc) is 3.25. The Hall–Kier alpha value is -1.81. The molecule has 0 saturated carbocycles. The molecule has 9 nitrogen and oxygen atoms in total. The van der Waals surface area contributed by atoms with Gasteiger partial charge in [-0.3, -0.25) is 9.48 Å². The highest BCUT2D eigenvalue weighted by Crippen LogP contribution is 2.32. The maximum Gasteiger partial charge on any atom is 0.315 e. The maximum absolute atomic E-state index is 11.9. The highest BCUT2D eigenvalue weighted by Gasteiger charge is 2.42. The number of hydrogen-bond donors (Lipinski definition) is 4. The summed E-state index contributed by atoms with van der Waals surface area (Å²) >= 11 is 1.88. The zero-order valence-corrected chi connectivity index (χ0v) is 15.1. The van der Waals surface area contributed by atoms with Crippen LogP contribution in [0.2, 0.25) is 0 Å². The van der Waals surface area contributed by atoms with E-state index in [2.05, 4.69) is 31.6 Å². The molecule has 0 bridgehead atoms. The Morgan fingerprint density at radius 3 is 3.20 bits per heavy atom. The molecule has 3 amide bonds. The van der Waals surface area contributed by atoms with E-state index in [0.29, 0.717) is 31.3 Å². The van der Waals surface area contributed by atoms with Crippen LogP contribution in [0.4, 0.5) is 4.79 Å². The Bertz CT molecular complexity index is 608. The van der Waals surface area contributed by atoms with Gasteiger partial charge in [-0.15, -0.1) is 5.10 Å². The molecule has 3 unspecified atom stereocenters. The van der Waals surface area contributed by atoms with Crippen molar-refractivity contribution < 1.29 is 9.59 Å². The molecule has 3 atom stereocenters. The molecule has 0 radical (unpaired) electrons. The zero-order chi connectivity index (χ0) is 17.6. The number of amides is 3. The first-order valence-electron chi connectivity index (χ1n) is 8.64. The molecule has 0 spiro atoms. The second-order valence-corrected chi connectivity index (χ2v) is 7.64. The molecule has 4 N–H and O–H groups in total. The van der Waals surface area contributed by atoms with Crippen molar-refractivity contribution in [2.24, 2.45) is 0 Å². The van der Waals surface area contributed by atoms with Crippen LogP contribution in [0.25, 0.3) is 0 Å². The van der Waals surface area contributed by atoms with E-state index in [1.807, 2.05) is 25.0 Å². The number of carbonyl (C=O) groups excluding carboxylic acids is 2. The predicted octanol–water partition coefficient (Wildman–Crippen LogP) is -0.551. The van der Waals surface area contributed by atoms with Gasteiger partial charge in [-0.2, -0.15) is 11.8 Å². The normalized spacial score (nSPS) is 24.7. The van der Waals surface area contributed by atoms with Crippen LogP contribution < -0.4 is 21.3 Å². The Kier molecular flexibility index (Phi) is 6.14. The van der Waals surface area contributed by atoms with E-state index in [-0.39, 0.29) is 24.0 Å². The van der Waals surface area contributed by atoms with Crippen molar-refractivity contribution in [2.75, 3.05) is 19.3 Å². The highest BCUT2D eigenvalue weighted by atomic mass is 32.2. The van der Waals surface area contributed by atoms with E-state index >= 15 is 0 Å². The minimum Gasteiger partial charge on any atom is -0.354 e. The molecule has 3 rings (SSSR count). The lowest BCUT2D eigenvalue weighted by molar-refractivity contribution is -0.121. The predicted molar refractivity (Wildman–Crippen MR) is 95.1 cm³/mol. The molecule has 0 aromatic carbocycles. The summed E-state index contributed by atoms with van der Waals surface area (Å²) in [6.07, 6.45) is 4.16. The molecule has 1 aromatic rings. The number of rotatable bonds is 9. The van der Waals surface area contributed by atoms with Crippen molar-refractivity contribution in [2.45, 2.75) is 49.7 Å². The number of aromatic nitrogens is 3. The molecule has 2 aliphatic rings. The molecular weight excluding hydrogens is 342 g/mol. The van der Waals surface area contributed by atoms with E-state index in [4.69, 9.17) is 0 Å². The monoisotopic (exact) mass is 367 g/mol. The van der Waals surface area contributed by atoms with Gasteiger partial charge in [-0.05, 0) is 19.9 Å². The fraction of sp³-hybridized carbons (Fsp3) is 0.733. The largest absolute Gasteiger partial charge is 0.354 e. The Morgan fingerprint density at radius 2 is 2.36 bits per heavy atom. The summed E-state index contributed by atoms with van der Waals surface area (Å²) in [5.74, 6) is 1.01. The molecule has 1 aromatic heterocycles. The fourth-order valence-corrected chi connectivity index (χ4v) is 4.76. The molecule has 138 valence electrons. The van der Waals surface area contributed by atoms with Gasteiger partial charge in [0.15, 0.2) is 0 Å². The molecule has 2 aliphatic heterocycles. The lowest BCUT2D eigenvalue weighted by Gasteiger charge is -2.16. The lowest BCUT2D eigenvalue weighted by Crippen LogP contribution is -2.37. The number of thioether (sulfide) groups is 1. The second-order valence-electron chi connectivity index (χ2n) is 6.37. The van der Waals surface area contributed by atoms with Crippen LogP contribution in [0.15, 0.2) is 6.20 Å². The second kappa shape index (κ2) is 8.52. The van der Waals surface area contributed by atoms with Crippen molar-refractivity contribution >= 4 is 23.7 Å². The third kappa shape index (κ3) is 4.85. The van der Waals surface area contributed by atoms with E-state index in [1.54, 1.807) is 4.68 Å². The summed E-state index contributed by atoms with van der Waals surface area (Å²) in [6.45, 7) is 1.84. The average molecular weight is 367 g/mol. The van der Waals surface area contributed by atoms with E-state index in [0.717, 1.165) is 24.3 Å². The van der Waals surface area contributed by atoms with Crippen LogP contribution in [0.1, 0.15) is 25.0 Å². The minimum absolute atomic E-state index is 0.0590. The van der Waals surface area contributed by atoms with Crippen LogP contribution in [-0.4, -0.2) is 63.6 Å². The number of nitrogens with zero attached hydrogens (tertiary/aromatic N) is 3. The highest BCUT2D eigenvalue weighted by molar-refractivity contribution is 8.00. The number of carbonyl (C=O) groups is 2. The molecule has 2 saturated heterocycles. The van der Waals surface area contributed by atoms with Crippen molar-refractivity contribution in [3.05, 3.63) is 11.9 Å². The number of urea groups is 1. The van der Waals surface area contributed by atoms with Crippen LogP contribution in [0.3, 0.4) is 0 Å². The van der Waals surface area contributed by atoms with Crippen molar-refractivity contribution in [1.82, 2.24) is 36.3 Å². The van der Waals surface area contributed by atoms with Crippen molar-refractivity contribution in [3.8, 4) is 0 Å². The standard InChI is InChI=1S/C15H25N7O2S/c1-16-7-10-8-22(21-20-10)6-5-17-13(23)4-2-3-12-14-11(9-25-12)18-15(24)19-14/h8,11-12,14,16H,2-7,9H2,1H3,(H,17,23)(H2,18,19,24). The van der Waals surface area contributed by atoms with Crippen molar-refractivity contribution in [3.63, 3.8) is 0 Å². The van der Waals surface area contributed by atoms with E-state index < -0.39 is 0 Å². The first-order chi connectivity index (χ1) is 12.2. The van der Waals surface area contributed by atoms with Gasteiger partial charge in [0.2, 0.25) is 5.91 Å². The SMILES string of the molecule is CNCc1cn(CCNC(=O)CCCC2SCC3NC(=O)NC32)nn1. The van der Waals surface area contributed by atoms with Gasteiger partial charge >= 0.3 is 6.03 Å². The zero-order valence-electron chi connectivity index (χ0n) is 14.3. The Morgan fingerprint density at radius 1 is 1.48 bits per heavy atom. The molecule has 0 aliphatic carbocycles. The summed E-state index contributed by atoms with van der Waals surface area (Å²) in [7, 11) is 1.86. The first-order valence-corrected chi connectivity index (χ1v) is 9.69. The third-order valence-electron chi connectivity index (χ3n) is 4.44. The van der Waals surface area contributed by atoms with Crippen LogP contribution in [-0.2, 0) is 17.9 Å². The Balaban J connectivity index is 1.28. The number of fused-ring (bicyclic) bond motifs is 1. The first kappa shape index (κ1) is 18.0. The maximum atomic E-state index is 11.9. The fourth-order valence-electron chi connectivity index (χ4n) is 3.22. The summed E-state index contributed by atoms with van der Waals surface area (Å²) in [4.78, 5) is 23.3. The van der Waals surface area contributed by atoms with Gasteiger partial charge in [0, 0.05) is 36.7 Å². The van der Waals surface area contributed by atoms with Crippen LogP contribution >= 0.6 is 11.8 Å².